The molecule has 2 nitrogen and oxygen atoms in total. The molecule has 0 amide bonds. The highest BCUT2D eigenvalue weighted by Crippen LogP contribution is 2.22. The summed E-state index contributed by atoms with van der Waals surface area (Å²) in [6.45, 7) is 2.59. The second-order valence-corrected chi connectivity index (χ2v) is 6.01. The van der Waals surface area contributed by atoms with Crippen LogP contribution < -0.4 is 5.32 Å². The fourth-order valence-electron chi connectivity index (χ4n) is 1.86. The van der Waals surface area contributed by atoms with Crippen molar-refractivity contribution >= 4 is 23.4 Å². The largest absolute Gasteiger partial charge is 0.464 e. The molecule has 6 heteroatoms. The first-order chi connectivity index (χ1) is 10.0. The summed E-state index contributed by atoms with van der Waals surface area (Å²) in [5, 5.41) is 4.03. The Balaban J connectivity index is 1.83. The molecule has 0 bridgehead atoms. The lowest BCUT2D eigenvalue weighted by Crippen LogP contribution is -2.17. The second kappa shape index (κ2) is 7.82. The Morgan fingerprint density at radius 1 is 1.14 bits per heavy atom. The van der Waals surface area contributed by atoms with Gasteiger partial charge in [0.25, 0.3) is 5.76 Å². The number of hydrogen-bond donors (Lipinski definition) is 1. The van der Waals surface area contributed by atoms with Crippen LogP contribution in [0.3, 0.4) is 0 Å². The molecule has 2 rings (SSSR count). The van der Waals surface area contributed by atoms with Gasteiger partial charge in [-0.15, -0.1) is 0 Å². The van der Waals surface area contributed by atoms with Crippen LogP contribution in [-0.4, -0.2) is 5.76 Å². The maximum atomic E-state index is 12.1. The van der Waals surface area contributed by atoms with Crippen LogP contribution in [0.15, 0.2) is 40.8 Å². The molecule has 0 aliphatic carbocycles. The Hall–Kier alpha value is -1.04. The Kier molecular flexibility index (Phi) is 6.08. The van der Waals surface area contributed by atoms with E-state index in [1.54, 1.807) is 6.07 Å². The van der Waals surface area contributed by atoms with E-state index in [2.05, 4.69) is 5.32 Å². The van der Waals surface area contributed by atoms with Gasteiger partial charge in [-0.3, -0.25) is 0 Å². The van der Waals surface area contributed by atoms with E-state index in [1.165, 1.54) is 0 Å². The predicted molar refractivity (Wildman–Crippen MR) is 82.7 cm³/mol. The molecule has 0 aliphatic heterocycles. The molecule has 21 heavy (non-hydrogen) atoms. The number of halogens is 3. The number of thioether (sulfide) groups is 1. The minimum absolute atomic E-state index is 0.145. The van der Waals surface area contributed by atoms with Crippen LogP contribution in [-0.2, 0) is 12.3 Å². The van der Waals surface area contributed by atoms with Crippen LogP contribution >= 0.6 is 23.4 Å². The van der Waals surface area contributed by atoms with Crippen LogP contribution in [0.25, 0.3) is 0 Å². The van der Waals surface area contributed by atoms with Crippen molar-refractivity contribution in [1.29, 1.82) is 0 Å². The maximum Gasteiger partial charge on any atom is 0.284 e. The number of furan rings is 1. The summed E-state index contributed by atoms with van der Waals surface area (Å²) in [6.07, 6.45) is 0. The topological polar surface area (TPSA) is 25.2 Å². The van der Waals surface area contributed by atoms with Crippen molar-refractivity contribution in [3.05, 3.63) is 58.5 Å². The van der Waals surface area contributed by atoms with Crippen molar-refractivity contribution in [1.82, 2.24) is 5.32 Å². The van der Waals surface area contributed by atoms with Gasteiger partial charge in [-0.05, 0) is 36.8 Å². The standard InChI is InChI=1S/C15H16ClF2NOS/c1-10(11-2-4-12(16)5-3-11)19-8-13-6-7-14(20-13)9-21-15(17)18/h2-7,10,15,19H,8-9H2,1H3/t10-/m1/s1. The molecule has 1 aromatic heterocycles. The van der Waals surface area contributed by atoms with Gasteiger partial charge in [-0.2, -0.15) is 8.78 Å². The van der Waals surface area contributed by atoms with Gasteiger partial charge in [0, 0.05) is 11.1 Å². The molecular formula is C15H16ClF2NOS. The molecular weight excluding hydrogens is 316 g/mol. The van der Waals surface area contributed by atoms with Gasteiger partial charge in [-0.25, -0.2) is 0 Å². The van der Waals surface area contributed by atoms with Crippen LogP contribution in [0, 0.1) is 0 Å². The molecule has 0 saturated heterocycles. The highest BCUT2D eigenvalue weighted by atomic mass is 35.5. The number of alkyl halides is 2. The first-order valence-electron chi connectivity index (χ1n) is 6.51. The van der Waals surface area contributed by atoms with Crippen molar-refractivity contribution < 1.29 is 13.2 Å². The Labute approximate surface area is 131 Å². The molecule has 0 saturated carbocycles. The lowest BCUT2D eigenvalue weighted by molar-refractivity contribution is 0.251. The van der Waals surface area contributed by atoms with Gasteiger partial charge in [0.1, 0.15) is 11.5 Å². The highest BCUT2D eigenvalue weighted by molar-refractivity contribution is 7.98. The Bertz CT molecular complexity index is 559. The summed E-state index contributed by atoms with van der Waals surface area (Å²) in [5.41, 5.74) is 1.12. The minimum Gasteiger partial charge on any atom is -0.464 e. The second-order valence-electron chi connectivity index (χ2n) is 4.59. The van der Waals surface area contributed by atoms with E-state index in [0.29, 0.717) is 29.1 Å². The molecule has 0 unspecified atom stereocenters. The van der Waals surface area contributed by atoms with Crippen LogP contribution in [0.5, 0.6) is 0 Å². The van der Waals surface area contributed by atoms with Crippen LogP contribution in [0.4, 0.5) is 8.78 Å². The highest BCUT2D eigenvalue weighted by Gasteiger charge is 2.09. The van der Waals surface area contributed by atoms with Crippen molar-refractivity contribution in [3.63, 3.8) is 0 Å². The lowest BCUT2D eigenvalue weighted by atomic mass is 10.1. The fraction of sp³-hybridized carbons (Fsp3) is 0.333. The SMILES string of the molecule is C[C@@H](NCc1ccc(CSC(F)F)o1)c1ccc(Cl)cc1. The molecule has 1 heterocycles. The number of rotatable bonds is 7. The molecule has 2 aromatic rings. The maximum absolute atomic E-state index is 12.1. The summed E-state index contributed by atoms with van der Waals surface area (Å²) in [6, 6.07) is 11.3. The molecule has 0 spiro atoms. The van der Waals surface area contributed by atoms with E-state index in [9.17, 15) is 8.78 Å². The van der Waals surface area contributed by atoms with E-state index in [0.717, 1.165) is 11.3 Å². The van der Waals surface area contributed by atoms with Crippen LogP contribution in [0.1, 0.15) is 30.0 Å². The molecule has 1 aromatic carbocycles. The van der Waals surface area contributed by atoms with Gasteiger partial charge in [0.05, 0.1) is 12.3 Å². The predicted octanol–water partition coefficient (Wildman–Crippen LogP) is 5.24. The van der Waals surface area contributed by atoms with E-state index in [1.807, 2.05) is 37.3 Å². The van der Waals surface area contributed by atoms with Crippen LogP contribution in [0.2, 0.25) is 5.02 Å². The number of nitrogens with one attached hydrogen (secondary N) is 1. The van der Waals surface area contributed by atoms with E-state index in [-0.39, 0.29) is 11.8 Å². The van der Waals surface area contributed by atoms with Gasteiger partial charge in [0.2, 0.25) is 0 Å². The van der Waals surface area contributed by atoms with Crippen molar-refractivity contribution in [2.24, 2.45) is 0 Å². The molecule has 1 N–H and O–H groups in total. The molecule has 1 atom stereocenters. The van der Waals surface area contributed by atoms with E-state index >= 15 is 0 Å². The minimum atomic E-state index is -2.37. The Morgan fingerprint density at radius 3 is 2.48 bits per heavy atom. The fourth-order valence-corrected chi connectivity index (χ4v) is 2.43. The van der Waals surface area contributed by atoms with E-state index in [4.69, 9.17) is 16.0 Å². The molecule has 0 aliphatic rings. The van der Waals surface area contributed by atoms with Gasteiger partial charge >= 0.3 is 0 Å². The average molecular weight is 332 g/mol. The first-order valence-corrected chi connectivity index (χ1v) is 7.93. The third-order valence-corrected chi connectivity index (χ3v) is 3.98. The third kappa shape index (κ3) is 5.34. The molecule has 114 valence electrons. The third-order valence-electron chi connectivity index (χ3n) is 3.02. The average Bonchev–Trinajstić information content (AvgIpc) is 2.91. The van der Waals surface area contributed by atoms with Crippen molar-refractivity contribution in [2.75, 3.05) is 0 Å². The summed E-state index contributed by atoms with van der Waals surface area (Å²) >= 11 is 6.41. The number of hydrogen-bond acceptors (Lipinski definition) is 3. The number of benzene rings is 1. The Morgan fingerprint density at radius 2 is 1.81 bits per heavy atom. The van der Waals surface area contributed by atoms with Crippen molar-refractivity contribution in [2.45, 2.75) is 31.0 Å². The van der Waals surface area contributed by atoms with Gasteiger partial charge in [0.15, 0.2) is 0 Å². The monoisotopic (exact) mass is 331 g/mol. The summed E-state index contributed by atoms with van der Waals surface area (Å²) < 4.78 is 29.7. The van der Waals surface area contributed by atoms with Gasteiger partial charge < -0.3 is 9.73 Å². The lowest BCUT2D eigenvalue weighted by Gasteiger charge is -2.13. The molecule has 0 fully saturated rings. The zero-order valence-corrected chi connectivity index (χ0v) is 13.1. The molecule has 0 radical (unpaired) electrons. The first kappa shape index (κ1) is 16.3. The summed E-state index contributed by atoms with van der Waals surface area (Å²) in [5.74, 6) is -0.886. The smallest absolute Gasteiger partial charge is 0.284 e. The van der Waals surface area contributed by atoms with Crippen molar-refractivity contribution in [3.8, 4) is 0 Å². The summed E-state index contributed by atoms with van der Waals surface area (Å²) in [4.78, 5) is 0. The zero-order valence-electron chi connectivity index (χ0n) is 11.5. The van der Waals surface area contributed by atoms with Gasteiger partial charge in [-0.1, -0.05) is 35.5 Å². The normalized spacial score (nSPS) is 12.8. The zero-order chi connectivity index (χ0) is 15.2. The summed E-state index contributed by atoms with van der Waals surface area (Å²) in [7, 11) is 0. The quantitative estimate of drug-likeness (QED) is 0.751. The van der Waals surface area contributed by atoms with E-state index < -0.39 is 5.76 Å².